The second kappa shape index (κ2) is 12.9. The molecule has 2 N–H and O–H groups in total. The number of aliphatic imine (C=N–C) groups is 1. The van der Waals surface area contributed by atoms with E-state index in [0.29, 0.717) is 22.9 Å². The molecule has 0 bridgehead atoms. The van der Waals surface area contributed by atoms with Crippen molar-refractivity contribution in [1.82, 2.24) is 4.98 Å². The molecule has 0 aliphatic rings. The van der Waals surface area contributed by atoms with E-state index in [2.05, 4.69) is 23.8 Å². The summed E-state index contributed by atoms with van der Waals surface area (Å²) in [5.41, 5.74) is 4.46. The van der Waals surface area contributed by atoms with Gasteiger partial charge in [0.2, 0.25) is 0 Å². The molecule has 0 spiro atoms. The third kappa shape index (κ3) is 6.15. The molecule has 5 heteroatoms. The van der Waals surface area contributed by atoms with Gasteiger partial charge in [0.25, 0.3) is 0 Å². The molecule has 1 unspecified atom stereocenters. The summed E-state index contributed by atoms with van der Waals surface area (Å²) in [5, 5.41) is 24.3. The van der Waals surface area contributed by atoms with Crippen LogP contribution in [0.25, 0.3) is 21.9 Å². The number of aryl methyl sites for hydroxylation is 1. The molecule has 0 fully saturated rings. The first kappa shape index (κ1) is 29.1. The second-order valence-electron chi connectivity index (χ2n) is 9.51. The first-order valence-corrected chi connectivity index (χ1v) is 13.5. The van der Waals surface area contributed by atoms with Crippen LogP contribution < -0.4 is 0 Å². The fraction of sp³-hybridized carbons (Fsp3) is 0.273. The van der Waals surface area contributed by atoms with Gasteiger partial charge in [0.1, 0.15) is 11.4 Å². The number of phenolic OH excluding ortho intramolecular Hbond substituents is 1. The van der Waals surface area contributed by atoms with Gasteiger partial charge in [-0.1, -0.05) is 70.2 Å². The van der Waals surface area contributed by atoms with Crippen molar-refractivity contribution in [2.24, 2.45) is 10.9 Å². The van der Waals surface area contributed by atoms with Crippen LogP contribution in [0.15, 0.2) is 89.8 Å². The van der Waals surface area contributed by atoms with Crippen molar-refractivity contribution in [3.05, 3.63) is 107 Å². The molecule has 0 amide bonds. The number of pyridine rings is 1. The lowest BCUT2D eigenvalue weighted by Crippen LogP contribution is -2.29. The Labute approximate surface area is 231 Å². The maximum Gasteiger partial charge on any atom is 0.138 e. The quantitative estimate of drug-likeness (QED) is 0.186. The zero-order valence-electron chi connectivity index (χ0n) is 23.0. The van der Waals surface area contributed by atoms with Crippen LogP contribution >= 0.6 is 11.6 Å². The third-order valence-electron chi connectivity index (χ3n) is 6.47. The van der Waals surface area contributed by atoms with E-state index in [-0.39, 0.29) is 5.75 Å². The minimum atomic E-state index is -1.43. The van der Waals surface area contributed by atoms with Crippen LogP contribution in [0, 0.1) is 12.8 Å². The summed E-state index contributed by atoms with van der Waals surface area (Å²) >= 11 is 6.23. The Morgan fingerprint density at radius 2 is 1.74 bits per heavy atom. The smallest absolute Gasteiger partial charge is 0.138 e. The lowest BCUT2D eigenvalue weighted by molar-refractivity contribution is 0.121. The van der Waals surface area contributed by atoms with Gasteiger partial charge in [-0.25, -0.2) is 0 Å². The number of phenols is 1. The van der Waals surface area contributed by atoms with E-state index in [1.54, 1.807) is 30.7 Å². The van der Waals surface area contributed by atoms with Crippen molar-refractivity contribution >= 4 is 28.6 Å². The fourth-order valence-corrected chi connectivity index (χ4v) is 4.66. The molecule has 4 nitrogen and oxygen atoms in total. The summed E-state index contributed by atoms with van der Waals surface area (Å²) in [4.78, 5) is 8.88. The average molecular weight is 529 g/mol. The van der Waals surface area contributed by atoms with Crippen molar-refractivity contribution in [3.8, 4) is 16.9 Å². The molecular formula is C33H37ClN2O2. The number of aromatic hydroxyl groups is 1. The molecule has 0 radical (unpaired) electrons. The van der Waals surface area contributed by atoms with Crippen LogP contribution in [0.4, 0.5) is 0 Å². The summed E-state index contributed by atoms with van der Waals surface area (Å²) < 4.78 is 0. The Morgan fingerprint density at radius 3 is 2.42 bits per heavy atom. The largest absolute Gasteiger partial charge is 0.508 e. The van der Waals surface area contributed by atoms with Gasteiger partial charge in [0.05, 0.1) is 0 Å². The average Bonchev–Trinajstić information content (AvgIpc) is 2.93. The van der Waals surface area contributed by atoms with Gasteiger partial charge < -0.3 is 10.2 Å². The molecule has 0 saturated heterocycles. The fourth-order valence-electron chi connectivity index (χ4n) is 4.38. The van der Waals surface area contributed by atoms with Crippen molar-refractivity contribution < 1.29 is 10.2 Å². The van der Waals surface area contributed by atoms with Gasteiger partial charge in [-0.05, 0) is 76.7 Å². The minimum absolute atomic E-state index is 0.187. The van der Waals surface area contributed by atoms with E-state index in [1.165, 1.54) is 0 Å². The van der Waals surface area contributed by atoms with Gasteiger partial charge in [0.15, 0.2) is 0 Å². The SMILES string of the molecule is C/C(=C\N=CC(C)C)C(O)(c1ccc(C)c(CCl)c1)c1ccc2cncc(-c3cccc(O)c3)c2c1.CC. The molecule has 4 rings (SSSR count). The molecule has 198 valence electrons. The van der Waals surface area contributed by atoms with E-state index in [9.17, 15) is 10.2 Å². The molecule has 1 aromatic heterocycles. The van der Waals surface area contributed by atoms with E-state index in [4.69, 9.17) is 11.6 Å². The summed E-state index contributed by atoms with van der Waals surface area (Å²) in [6.07, 6.45) is 7.17. The first-order valence-electron chi connectivity index (χ1n) is 13.0. The molecule has 3 aromatic carbocycles. The van der Waals surface area contributed by atoms with Crippen LogP contribution in [0.1, 0.15) is 56.9 Å². The highest BCUT2D eigenvalue weighted by atomic mass is 35.5. The molecular weight excluding hydrogens is 492 g/mol. The number of nitrogens with zero attached hydrogens (tertiary/aromatic N) is 2. The van der Waals surface area contributed by atoms with Crippen molar-refractivity contribution in [2.75, 3.05) is 0 Å². The maximum atomic E-state index is 12.4. The van der Waals surface area contributed by atoms with Crippen molar-refractivity contribution in [2.45, 2.75) is 53.0 Å². The molecule has 0 aliphatic carbocycles. The van der Waals surface area contributed by atoms with Crippen LogP contribution in [-0.4, -0.2) is 21.4 Å². The predicted octanol–water partition coefficient (Wildman–Crippen LogP) is 8.55. The van der Waals surface area contributed by atoms with Gasteiger partial charge in [-0.2, -0.15) is 0 Å². The molecule has 0 aliphatic heterocycles. The van der Waals surface area contributed by atoms with E-state index >= 15 is 0 Å². The minimum Gasteiger partial charge on any atom is -0.508 e. The summed E-state index contributed by atoms with van der Waals surface area (Å²) in [6.45, 7) is 12.0. The number of benzene rings is 3. The molecule has 0 saturated carbocycles. The second-order valence-corrected chi connectivity index (χ2v) is 9.78. The van der Waals surface area contributed by atoms with Gasteiger partial charge >= 0.3 is 0 Å². The number of rotatable bonds is 7. The van der Waals surface area contributed by atoms with Gasteiger partial charge in [-0.3, -0.25) is 9.98 Å². The van der Waals surface area contributed by atoms with Crippen LogP contribution in [0.5, 0.6) is 5.75 Å². The summed E-state index contributed by atoms with van der Waals surface area (Å²) in [6, 6.07) is 18.9. The Morgan fingerprint density at radius 1 is 1.03 bits per heavy atom. The maximum absolute atomic E-state index is 12.4. The van der Waals surface area contributed by atoms with Gasteiger partial charge in [0, 0.05) is 41.6 Å². The Balaban J connectivity index is 0.00000195. The first-order chi connectivity index (χ1) is 18.2. The van der Waals surface area contributed by atoms with Crippen LogP contribution in [-0.2, 0) is 11.5 Å². The normalized spacial score (nSPS) is 13.4. The predicted molar refractivity (Wildman–Crippen MR) is 161 cm³/mol. The molecule has 38 heavy (non-hydrogen) atoms. The zero-order chi connectivity index (χ0) is 27.9. The van der Waals surface area contributed by atoms with Crippen LogP contribution in [0.3, 0.4) is 0 Å². The Kier molecular flexibility index (Phi) is 9.84. The zero-order valence-corrected chi connectivity index (χ0v) is 23.8. The summed E-state index contributed by atoms with van der Waals surface area (Å²) in [5.74, 6) is 0.837. The third-order valence-corrected chi connectivity index (χ3v) is 6.76. The Hall–Kier alpha value is -3.47. The Bertz CT molecular complexity index is 1460. The topological polar surface area (TPSA) is 65.7 Å². The number of fused-ring (bicyclic) bond motifs is 1. The number of hydrogen-bond donors (Lipinski definition) is 2. The number of hydrogen-bond acceptors (Lipinski definition) is 4. The van der Waals surface area contributed by atoms with E-state index in [1.807, 2.05) is 82.4 Å². The highest BCUT2D eigenvalue weighted by Gasteiger charge is 2.34. The summed E-state index contributed by atoms with van der Waals surface area (Å²) in [7, 11) is 0. The molecule has 1 atom stereocenters. The highest BCUT2D eigenvalue weighted by Crippen LogP contribution is 2.40. The van der Waals surface area contributed by atoms with Crippen LogP contribution in [0.2, 0.25) is 0 Å². The monoisotopic (exact) mass is 528 g/mol. The van der Waals surface area contributed by atoms with E-state index in [0.717, 1.165) is 38.6 Å². The number of aliphatic hydroxyl groups is 1. The lowest BCUT2D eigenvalue weighted by Gasteiger charge is -2.31. The van der Waals surface area contributed by atoms with E-state index < -0.39 is 5.60 Å². The molecule has 4 aromatic rings. The highest BCUT2D eigenvalue weighted by molar-refractivity contribution is 6.17. The molecule has 1 heterocycles. The number of alkyl halides is 1. The van der Waals surface area contributed by atoms with Crippen molar-refractivity contribution in [1.29, 1.82) is 0 Å². The standard InChI is InChI=1S/C31H31ClN2O2.C2H6/c1-20(2)16-33-17-22(4)31(36,26-10-8-21(3)25(12-26)15-32)27-11-9-24-18-34-19-30(29(24)14-27)23-6-5-7-28(35)13-23;1-2/h5-14,16-20,35-36H,15H2,1-4H3;1-2H3/b22-17+,33-16?;. The lowest BCUT2D eigenvalue weighted by atomic mass is 9.79. The number of aromatic nitrogens is 1. The number of halogens is 1. The van der Waals surface area contributed by atoms with Crippen molar-refractivity contribution in [3.63, 3.8) is 0 Å². The van der Waals surface area contributed by atoms with Gasteiger partial charge in [-0.15, -0.1) is 11.6 Å².